The molecule has 2 fully saturated rings. The van der Waals surface area contributed by atoms with Crippen molar-refractivity contribution in [2.75, 3.05) is 19.6 Å². The first-order chi connectivity index (χ1) is 8.93. The average Bonchev–Trinajstić information content (AvgIpc) is 2.55. The molecule has 3 atom stereocenters. The molecular formula is C17H34N2. The van der Waals surface area contributed by atoms with Gasteiger partial charge in [-0.3, -0.25) is 4.90 Å². The van der Waals surface area contributed by atoms with Gasteiger partial charge in [-0.25, -0.2) is 0 Å². The Morgan fingerprint density at radius 3 is 2.47 bits per heavy atom. The van der Waals surface area contributed by atoms with Crippen molar-refractivity contribution in [3.8, 4) is 0 Å². The summed E-state index contributed by atoms with van der Waals surface area (Å²) in [5.74, 6) is 1.69. The lowest BCUT2D eigenvalue weighted by Gasteiger charge is -2.44. The van der Waals surface area contributed by atoms with E-state index >= 15 is 0 Å². The third kappa shape index (κ3) is 3.00. The van der Waals surface area contributed by atoms with Crippen LogP contribution in [0.15, 0.2) is 0 Å². The van der Waals surface area contributed by atoms with Crippen molar-refractivity contribution in [2.24, 2.45) is 23.0 Å². The molecule has 2 nitrogen and oxygen atoms in total. The number of hydrogen-bond donors (Lipinski definition) is 1. The first-order valence-corrected chi connectivity index (χ1v) is 8.38. The smallest absolute Gasteiger partial charge is 0.0362 e. The third-order valence-electron chi connectivity index (χ3n) is 5.97. The average molecular weight is 266 g/mol. The standard InChI is InChI=1S/C17H34N2/c1-5-15-7-6-9-19(10-8-15)17(13-18)12-16(3,4)11-14(17)2/h14-15H,5-13,18H2,1-4H3. The highest BCUT2D eigenvalue weighted by Gasteiger charge is 2.51. The summed E-state index contributed by atoms with van der Waals surface area (Å²) >= 11 is 0. The number of nitrogens with two attached hydrogens (primary N) is 1. The lowest BCUT2D eigenvalue weighted by Crippen LogP contribution is -2.56. The number of likely N-dealkylation sites (tertiary alicyclic amines) is 1. The highest BCUT2D eigenvalue weighted by Crippen LogP contribution is 2.50. The SMILES string of the molecule is CCC1CCCN(C2(CN)CC(C)(C)CC2C)CC1. The van der Waals surface area contributed by atoms with E-state index in [0.29, 0.717) is 5.41 Å². The highest BCUT2D eigenvalue weighted by atomic mass is 15.2. The van der Waals surface area contributed by atoms with Crippen LogP contribution in [0, 0.1) is 17.3 Å². The van der Waals surface area contributed by atoms with Gasteiger partial charge in [0.1, 0.15) is 0 Å². The molecule has 1 heterocycles. The maximum Gasteiger partial charge on any atom is 0.0362 e. The Morgan fingerprint density at radius 1 is 1.21 bits per heavy atom. The Kier molecular flexibility index (Phi) is 4.62. The second-order valence-electron chi connectivity index (χ2n) is 7.95. The van der Waals surface area contributed by atoms with Gasteiger partial charge < -0.3 is 5.73 Å². The van der Waals surface area contributed by atoms with Gasteiger partial charge in [0.05, 0.1) is 0 Å². The van der Waals surface area contributed by atoms with Crippen molar-refractivity contribution >= 4 is 0 Å². The van der Waals surface area contributed by atoms with E-state index in [9.17, 15) is 0 Å². The Morgan fingerprint density at radius 2 is 1.95 bits per heavy atom. The lowest BCUT2D eigenvalue weighted by atomic mass is 9.84. The van der Waals surface area contributed by atoms with Crippen LogP contribution in [0.4, 0.5) is 0 Å². The summed E-state index contributed by atoms with van der Waals surface area (Å²) in [4.78, 5) is 2.78. The van der Waals surface area contributed by atoms with Gasteiger partial charge in [-0.2, -0.15) is 0 Å². The van der Waals surface area contributed by atoms with Crippen LogP contribution in [0.3, 0.4) is 0 Å². The molecule has 112 valence electrons. The summed E-state index contributed by atoms with van der Waals surface area (Å²) in [7, 11) is 0. The zero-order valence-corrected chi connectivity index (χ0v) is 13.5. The van der Waals surface area contributed by atoms with Gasteiger partial charge in [0.25, 0.3) is 0 Å². The predicted octanol–water partition coefficient (Wildman–Crippen LogP) is 3.65. The maximum absolute atomic E-state index is 6.29. The van der Waals surface area contributed by atoms with E-state index in [-0.39, 0.29) is 5.54 Å². The van der Waals surface area contributed by atoms with E-state index in [1.54, 1.807) is 0 Å². The molecule has 2 heteroatoms. The van der Waals surface area contributed by atoms with Crippen LogP contribution in [0.2, 0.25) is 0 Å². The topological polar surface area (TPSA) is 29.3 Å². The Labute approximate surface area is 120 Å². The number of rotatable bonds is 3. The van der Waals surface area contributed by atoms with E-state index in [0.717, 1.165) is 18.4 Å². The second kappa shape index (κ2) is 5.73. The van der Waals surface area contributed by atoms with Crippen molar-refractivity contribution in [1.29, 1.82) is 0 Å². The Hall–Kier alpha value is -0.0800. The van der Waals surface area contributed by atoms with Gasteiger partial charge in [-0.05, 0) is 62.4 Å². The van der Waals surface area contributed by atoms with E-state index in [4.69, 9.17) is 5.73 Å². The second-order valence-corrected chi connectivity index (χ2v) is 7.95. The summed E-state index contributed by atoms with van der Waals surface area (Å²) in [6.07, 6.45) is 8.14. The van der Waals surface area contributed by atoms with Crippen LogP contribution in [0.25, 0.3) is 0 Å². The van der Waals surface area contributed by atoms with Crippen LogP contribution in [0.1, 0.15) is 66.2 Å². The Balaban J connectivity index is 2.13. The van der Waals surface area contributed by atoms with Crippen LogP contribution >= 0.6 is 0 Å². The minimum Gasteiger partial charge on any atom is -0.329 e. The predicted molar refractivity (Wildman–Crippen MR) is 83.2 cm³/mol. The molecule has 0 radical (unpaired) electrons. The molecule has 2 aliphatic rings. The fourth-order valence-electron chi connectivity index (χ4n) is 4.94. The quantitative estimate of drug-likeness (QED) is 0.845. The first kappa shape index (κ1) is 15.3. The van der Waals surface area contributed by atoms with Gasteiger partial charge >= 0.3 is 0 Å². The zero-order chi connectivity index (χ0) is 14.1. The monoisotopic (exact) mass is 266 g/mol. The van der Waals surface area contributed by atoms with Crippen LogP contribution in [-0.2, 0) is 0 Å². The summed E-state index contributed by atoms with van der Waals surface area (Å²) in [5, 5.41) is 0. The van der Waals surface area contributed by atoms with Crippen molar-refractivity contribution in [1.82, 2.24) is 4.90 Å². The lowest BCUT2D eigenvalue weighted by molar-refractivity contribution is 0.0611. The molecule has 2 N–H and O–H groups in total. The molecule has 1 saturated carbocycles. The van der Waals surface area contributed by atoms with Gasteiger partial charge in [0.2, 0.25) is 0 Å². The van der Waals surface area contributed by atoms with E-state index in [1.807, 2.05) is 0 Å². The minimum absolute atomic E-state index is 0.284. The van der Waals surface area contributed by atoms with E-state index in [1.165, 1.54) is 51.6 Å². The molecule has 0 spiro atoms. The highest BCUT2D eigenvalue weighted by molar-refractivity contribution is 5.06. The van der Waals surface area contributed by atoms with Crippen molar-refractivity contribution < 1.29 is 0 Å². The van der Waals surface area contributed by atoms with Crippen molar-refractivity contribution in [2.45, 2.75) is 71.8 Å². The fourth-order valence-corrected chi connectivity index (χ4v) is 4.94. The van der Waals surface area contributed by atoms with Crippen LogP contribution < -0.4 is 5.73 Å². The number of nitrogens with zero attached hydrogens (tertiary/aromatic N) is 1. The third-order valence-corrected chi connectivity index (χ3v) is 5.97. The minimum atomic E-state index is 0.284. The molecule has 0 aromatic heterocycles. The van der Waals surface area contributed by atoms with Gasteiger partial charge in [-0.15, -0.1) is 0 Å². The van der Waals surface area contributed by atoms with Gasteiger partial charge in [0, 0.05) is 12.1 Å². The molecule has 1 aliphatic carbocycles. The molecule has 0 aromatic carbocycles. The summed E-state index contributed by atoms with van der Waals surface area (Å²) in [5.41, 5.74) is 7.04. The maximum atomic E-state index is 6.29. The summed E-state index contributed by atoms with van der Waals surface area (Å²) < 4.78 is 0. The summed E-state index contributed by atoms with van der Waals surface area (Å²) in [6, 6.07) is 0. The van der Waals surface area contributed by atoms with Crippen molar-refractivity contribution in [3.05, 3.63) is 0 Å². The molecule has 0 aromatic rings. The fraction of sp³-hybridized carbons (Fsp3) is 1.00. The molecule has 19 heavy (non-hydrogen) atoms. The molecule has 1 aliphatic heterocycles. The van der Waals surface area contributed by atoms with Gasteiger partial charge in [0.15, 0.2) is 0 Å². The van der Waals surface area contributed by atoms with E-state index in [2.05, 4.69) is 32.6 Å². The molecule has 3 unspecified atom stereocenters. The zero-order valence-electron chi connectivity index (χ0n) is 13.5. The largest absolute Gasteiger partial charge is 0.329 e. The Bertz CT molecular complexity index is 300. The normalized spacial score (nSPS) is 40.3. The van der Waals surface area contributed by atoms with Crippen molar-refractivity contribution in [3.63, 3.8) is 0 Å². The molecule has 2 rings (SSSR count). The molecule has 0 bridgehead atoms. The summed E-state index contributed by atoms with van der Waals surface area (Å²) in [6.45, 7) is 13.0. The molecule has 1 saturated heterocycles. The van der Waals surface area contributed by atoms with Crippen LogP contribution in [-0.4, -0.2) is 30.1 Å². The molecular weight excluding hydrogens is 232 g/mol. The van der Waals surface area contributed by atoms with Crippen LogP contribution in [0.5, 0.6) is 0 Å². The molecule has 0 amide bonds. The van der Waals surface area contributed by atoms with E-state index < -0.39 is 0 Å². The number of hydrogen-bond acceptors (Lipinski definition) is 2. The van der Waals surface area contributed by atoms with Gasteiger partial charge in [-0.1, -0.05) is 34.1 Å². The first-order valence-electron chi connectivity index (χ1n) is 8.38.